The van der Waals surface area contributed by atoms with Gasteiger partial charge in [-0.2, -0.15) is 5.10 Å². The Morgan fingerprint density at radius 2 is 2.12 bits per heavy atom. The van der Waals surface area contributed by atoms with E-state index in [0.717, 1.165) is 27.3 Å². The summed E-state index contributed by atoms with van der Waals surface area (Å²) >= 11 is 1.81. The fourth-order valence-corrected chi connectivity index (χ4v) is 4.28. The molecule has 122 valence electrons. The molecular weight excluding hydrogens is 320 g/mol. The Kier molecular flexibility index (Phi) is 3.57. The predicted octanol–water partition coefficient (Wildman–Crippen LogP) is 3.42. The summed E-state index contributed by atoms with van der Waals surface area (Å²) < 4.78 is 1.74. The number of hydrogen-bond acceptors (Lipinski definition) is 4. The van der Waals surface area contributed by atoms with Crippen LogP contribution in [-0.2, 0) is 7.05 Å². The van der Waals surface area contributed by atoms with Crippen molar-refractivity contribution in [2.24, 2.45) is 7.05 Å². The van der Waals surface area contributed by atoms with Crippen LogP contribution >= 0.6 is 11.8 Å². The first-order valence-electron chi connectivity index (χ1n) is 7.91. The maximum Gasteiger partial charge on any atom is 0.259 e. The molecule has 6 heteroatoms. The second-order valence-corrected chi connectivity index (χ2v) is 7.60. The molecule has 0 fully saturated rings. The minimum absolute atomic E-state index is 0.00717. The van der Waals surface area contributed by atoms with Crippen LogP contribution in [0.5, 0.6) is 0 Å². The number of carbonyl (C=O) groups is 1. The zero-order chi connectivity index (χ0) is 16.8. The van der Waals surface area contributed by atoms with Crippen LogP contribution in [0.1, 0.15) is 23.0 Å². The monoisotopic (exact) mass is 338 g/mol. The Morgan fingerprint density at radius 1 is 1.33 bits per heavy atom. The number of fused-ring (bicyclic) bond motifs is 2. The lowest BCUT2D eigenvalue weighted by Crippen LogP contribution is -2.38. The standard InChI is InChI=1S/C18H18N4OS/c1-11-10-22(15-6-4-5-7-16(15)24-11)18(23)13-8-14-12(2)20-21(3)17(14)19-9-13/h4-9,11H,10H2,1-3H3/t11-/m1/s1. The molecule has 0 bridgehead atoms. The number of amides is 1. The normalized spacial score (nSPS) is 17.1. The number of anilines is 1. The van der Waals surface area contributed by atoms with Crippen LogP contribution in [0.3, 0.4) is 0 Å². The van der Waals surface area contributed by atoms with E-state index in [-0.39, 0.29) is 5.91 Å². The molecule has 1 aliphatic heterocycles. The summed E-state index contributed by atoms with van der Waals surface area (Å²) in [6, 6.07) is 9.97. The average molecular weight is 338 g/mol. The second-order valence-electron chi connectivity index (χ2n) is 6.12. The molecule has 1 aromatic carbocycles. The second kappa shape index (κ2) is 5.63. The van der Waals surface area contributed by atoms with E-state index in [1.54, 1.807) is 10.9 Å². The molecule has 3 heterocycles. The highest BCUT2D eigenvalue weighted by Crippen LogP contribution is 2.38. The van der Waals surface area contributed by atoms with Gasteiger partial charge in [-0.15, -0.1) is 11.8 Å². The fourth-order valence-electron chi connectivity index (χ4n) is 3.16. The van der Waals surface area contributed by atoms with Gasteiger partial charge in [0.05, 0.1) is 16.9 Å². The number of aryl methyl sites for hydroxylation is 2. The number of rotatable bonds is 1. The summed E-state index contributed by atoms with van der Waals surface area (Å²) in [5.41, 5.74) is 3.27. The number of thioether (sulfide) groups is 1. The zero-order valence-electron chi connectivity index (χ0n) is 13.9. The molecule has 0 N–H and O–H groups in total. The summed E-state index contributed by atoms with van der Waals surface area (Å²) in [7, 11) is 1.86. The summed E-state index contributed by atoms with van der Waals surface area (Å²) in [5, 5.41) is 5.67. The first kappa shape index (κ1) is 15.2. The van der Waals surface area contributed by atoms with E-state index in [4.69, 9.17) is 0 Å². The van der Waals surface area contributed by atoms with Crippen molar-refractivity contribution in [3.05, 3.63) is 47.8 Å². The molecular formula is C18H18N4OS. The van der Waals surface area contributed by atoms with Crippen molar-refractivity contribution in [3.63, 3.8) is 0 Å². The maximum atomic E-state index is 13.1. The molecule has 1 amide bonds. The van der Waals surface area contributed by atoms with Gasteiger partial charge in [0.25, 0.3) is 5.91 Å². The molecule has 2 aromatic heterocycles. The Hall–Kier alpha value is -2.34. The predicted molar refractivity (Wildman–Crippen MR) is 96.7 cm³/mol. The van der Waals surface area contributed by atoms with Gasteiger partial charge in [-0.25, -0.2) is 4.98 Å². The smallest absolute Gasteiger partial charge is 0.259 e. The highest BCUT2D eigenvalue weighted by Gasteiger charge is 2.28. The van der Waals surface area contributed by atoms with Gasteiger partial charge < -0.3 is 4.90 Å². The van der Waals surface area contributed by atoms with Crippen LogP contribution in [0.15, 0.2) is 41.4 Å². The maximum absolute atomic E-state index is 13.1. The van der Waals surface area contributed by atoms with E-state index >= 15 is 0 Å². The van der Waals surface area contributed by atoms with E-state index in [1.807, 2.05) is 54.9 Å². The zero-order valence-corrected chi connectivity index (χ0v) is 14.7. The molecule has 1 atom stereocenters. The third-order valence-corrected chi connectivity index (χ3v) is 5.43. The molecule has 0 aliphatic carbocycles. The third kappa shape index (κ3) is 2.38. The molecule has 1 aliphatic rings. The van der Waals surface area contributed by atoms with E-state index in [2.05, 4.69) is 23.1 Å². The van der Waals surface area contributed by atoms with Gasteiger partial charge in [0, 0.05) is 35.3 Å². The van der Waals surface area contributed by atoms with Crippen LogP contribution in [0.25, 0.3) is 11.0 Å². The number of aromatic nitrogens is 3. The van der Waals surface area contributed by atoms with Crippen molar-refractivity contribution in [2.75, 3.05) is 11.4 Å². The van der Waals surface area contributed by atoms with Crippen LogP contribution in [0.2, 0.25) is 0 Å². The van der Waals surface area contributed by atoms with Gasteiger partial charge in [-0.1, -0.05) is 19.1 Å². The minimum Gasteiger partial charge on any atom is -0.306 e. The SMILES string of the molecule is Cc1nn(C)c2ncc(C(=O)N3C[C@@H](C)Sc4ccccc43)cc12. The number of para-hydroxylation sites is 1. The quantitative estimate of drug-likeness (QED) is 0.682. The Balaban J connectivity index is 1.78. The Bertz CT molecular complexity index is 949. The van der Waals surface area contributed by atoms with Crippen molar-refractivity contribution in [1.82, 2.24) is 14.8 Å². The van der Waals surface area contributed by atoms with Crippen molar-refractivity contribution < 1.29 is 4.79 Å². The van der Waals surface area contributed by atoms with Crippen LogP contribution in [0, 0.1) is 6.92 Å². The molecule has 24 heavy (non-hydrogen) atoms. The first-order valence-corrected chi connectivity index (χ1v) is 8.79. The minimum atomic E-state index is -0.00717. The van der Waals surface area contributed by atoms with Crippen molar-refractivity contribution in [3.8, 4) is 0 Å². The lowest BCUT2D eigenvalue weighted by Gasteiger charge is -2.32. The molecule has 0 saturated carbocycles. The summed E-state index contributed by atoms with van der Waals surface area (Å²) in [5.74, 6) is -0.00717. The molecule has 0 saturated heterocycles. The number of pyridine rings is 1. The van der Waals surface area contributed by atoms with E-state index in [9.17, 15) is 4.79 Å². The Morgan fingerprint density at radius 3 is 2.96 bits per heavy atom. The summed E-state index contributed by atoms with van der Waals surface area (Å²) in [6.07, 6.45) is 1.65. The molecule has 0 radical (unpaired) electrons. The molecule has 4 rings (SSSR count). The van der Waals surface area contributed by atoms with Gasteiger partial charge in [-0.3, -0.25) is 9.48 Å². The van der Waals surface area contributed by atoms with Crippen molar-refractivity contribution in [1.29, 1.82) is 0 Å². The van der Waals surface area contributed by atoms with Gasteiger partial charge in [-0.05, 0) is 25.1 Å². The highest BCUT2D eigenvalue weighted by atomic mass is 32.2. The van der Waals surface area contributed by atoms with E-state index in [0.29, 0.717) is 17.4 Å². The average Bonchev–Trinajstić information content (AvgIpc) is 2.87. The van der Waals surface area contributed by atoms with Gasteiger partial charge in [0.15, 0.2) is 5.65 Å². The van der Waals surface area contributed by atoms with Crippen molar-refractivity contribution in [2.45, 2.75) is 24.0 Å². The fraction of sp³-hybridized carbons (Fsp3) is 0.278. The van der Waals surface area contributed by atoms with Gasteiger partial charge in [0.2, 0.25) is 0 Å². The lowest BCUT2D eigenvalue weighted by atomic mass is 10.1. The number of nitrogens with zero attached hydrogens (tertiary/aromatic N) is 4. The molecule has 5 nitrogen and oxygen atoms in total. The van der Waals surface area contributed by atoms with Crippen molar-refractivity contribution >= 4 is 34.4 Å². The van der Waals surface area contributed by atoms with E-state index < -0.39 is 0 Å². The van der Waals surface area contributed by atoms with Crippen LogP contribution in [-0.4, -0.2) is 32.5 Å². The molecule has 0 unspecified atom stereocenters. The first-order chi connectivity index (χ1) is 11.5. The molecule has 0 spiro atoms. The number of hydrogen-bond donors (Lipinski definition) is 0. The summed E-state index contributed by atoms with van der Waals surface area (Å²) in [4.78, 5) is 20.6. The van der Waals surface area contributed by atoms with Crippen LogP contribution in [0.4, 0.5) is 5.69 Å². The molecule has 3 aromatic rings. The number of benzene rings is 1. The summed E-state index contributed by atoms with van der Waals surface area (Å²) in [6.45, 7) is 4.78. The largest absolute Gasteiger partial charge is 0.306 e. The highest BCUT2D eigenvalue weighted by molar-refractivity contribution is 8.00. The third-order valence-electron chi connectivity index (χ3n) is 4.28. The topological polar surface area (TPSA) is 51.0 Å². The van der Waals surface area contributed by atoms with Gasteiger partial charge in [0.1, 0.15) is 0 Å². The van der Waals surface area contributed by atoms with Gasteiger partial charge >= 0.3 is 0 Å². The number of carbonyl (C=O) groups excluding carboxylic acids is 1. The lowest BCUT2D eigenvalue weighted by molar-refractivity contribution is 0.0986. The Labute approximate surface area is 144 Å². The van der Waals surface area contributed by atoms with Crippen LogP contribution < -0.4 is 4.90 Å². The van der Waals surface area contributed by atoms with E-state index in [1.165, 1.54) is 0 Å².